The van der Waals surface area contributed by atoms with Crippen LogP contribution < -0.4 is 5.32 Å². The Labute approximate surface area is 119 Å². The van der Waals surface area contributed by atoms with E-state index >= 15 is 0 Å². The standard InChI is InChI=1S/C11H14N6O2S/c1-3-19-9(18)7-5-6-8(15-14-7)12-10-13-11(17-16-10)20-4-2/h5-6H,3-4H2,1-2H3,(H2,12,13,15,16,17). The average molecular weight is 294 g/mol. The molecule has 0 fully saturated rings. The largest absolute Gasteiger partial charge is 0.461 e. The number of nitrogens with one attached hydrogen (secondary N) is 2. The lowest BCUT2D eigenvalue weighted by molar-refractivity contribution is 0.0518. The first-order chi connectivity index (χ1) is 9.72. The normalized spacial score (nSPS) is 10.3. The molecule has 0 saturated carbocycles. The van der Waals surface area contributed by atoms with Crippen molar-refractivity contribution in [1.82, 2.24) is 25.4 Å². The Hall–Kier alpha value is -2.16. The molecule has 2 rings (SSSR count). The SMILES string of the molecule is CCOC(=O)c1ccc(Nc2nc(SCC)n[nH]2)nn1. The van der Waals surface area contributed by atoms with Gasteiger partial charge in [-0.15, -0.1) is 15.3 Å². The Morgan fingerprint density at radius 3 is 2.90 bits per heavy atom. The summed E-state index contributed by atoms with van der Waals surface area (Å²) in [4.78, 5) is 15.6. The van der Waals surface area contributed by atoms with Crippen molar-refractivity contribution in [2.75, 3.05) is 17.7 Å². The van der Waals surface area contributed by atoms with Crippen LogP contribution in [0.4, 0.5) is 11.8 Å². The Kier molecular flexibility index (Phi) is 4.88. The predicted molar refractivity (Wildman–Crippen MR) is 74.1 cm³/mol. The maximum Gasteiger partial charge on any atom is 0.358 e. The molecule has 0 spiro atoms. The fourth-order valence-corrected chi connectivity index (χ4v) is 1.85. The fraction of sp³-hybridized carbons (Fsp3) is 0.364. The van der Waals surface area contributed by atoms with Crippen LogP contribution in [0.1, 0.15) is 24.3 Å². The van der Waals surface area contributed by atoms with Gasteiger partial charge in [0.15, 0.2) is 11.5 Å². The van der Waals surface area contributed by atoms with Gasteiger partial charge in [0, 0.05) is 0 Å². The number of esters is 1. The molecule has 2 heterocycles. The van der Waals surface area contributed by atoms with E-state index in [0.29, 0.717) is 23.5 Å². The summed E-state index contributed by atoms with van der Waals surface area (Å²) in [5.41, 5.74) is 0.164. The Balaban J connectivity index is 2.00. The van der Waals surface area contributed by atoms with Gasteiger partial charge in [-0.25, -0.2) is 9.89 Å². The summed E-state index contributed by atoms with van der Waals surface area (Å²) in [7, 11) is 0. The first-order valence-corrected chi connectivity index (χ1v) is 7.04. The van der Waals surface area contributed by atoms with E-state index in [1.807, 2.05) is 6.92 Å². The summed E-state index contributed by atoms with van der Waals surface area (Å²) >= 11 is 1.53. The number of aromatic nitrogens is 5. The van der Waals surface area contributed by atoms with Crippen LogP contribution in [-0.4, -0.2) is 43.7 Å². The third-order valence-corrected chi connectivity index (χ3v) is 2.86. The van der Waals surface area contributed by atoms with Crippen molar-refractivity contribution in [3.05, 3.63) is 17.8 Å². The molecule has 2 aromatic rings. The van der Waals surface area contributed by atoms with E-state index in [2.05, 4.69) is 30.7 Å². The van der Waals surface area contributed by atoms with Gasteiger partial charge in [0.25, 0.3) is 0 Å². The van der Waals surface area contributed by atoms with E-state index in [0.717, 1.165) is 5.75 Å². The molecule has 0 atom stereocenters. The summed E-state index contributed by atoms with van der Waals surface area (Å²) in [6.45, 7) is 4.06. The highest BCUT2D eigenvalue weighted by Gasteiger charge is 2.09. The van der Waals surface area contributed by atoms with Gasteiger partial charge >= 0.3 is 5.97 Å². The number of H-pyrrole nitrogens is 1. The predicted octanol–water partition coefficient (Wildman–Crippen LogP) is 1.63. The molecule has 0 radical (unpaired) electrons. The lowest BCUT2D eigenvalue weighted by atomic mass is 10.4. The number of anilines is 2. The second-order valence-corrected chi connectivity index (χ2v) is 4.78. The van der Waals surface area contributed by atoms with E-state index in [1.54, 1.807) is 13.0 Å². The highest BCUT2D eigenvalue weighted by molar-refractivity contribution is 7.99. The monoisotopic (exact) mass is 294 g/mol. The number of hydrogen-bond donors (Lipinski definition) is 2. The summed E-state index contributed by atoms with van der Waals surface area (Å²) in [6, 6.07) is 3.15. The van der Waals surface area contributed by atoms with E-state index < -0.39 is 5.97 Å². The summed E-state index contributed by atoms with van der Waals surface area (Å²) in [5.74, 6) is 1.33. The van der Waals surface area contributed by atoms with Crippen molar-refractivity contribution in [2.24, 2.45) is 0 Å². The first-order valence-electron chi connectivity index (χ1n) is 6.06. The van der Waals surface area contributed by atoms with Gasteiger partial charge in [-0.05, 0) is 24.8 Å². The molecule has 0 bridgehead atoms. The molecule has 9 heteroatoms. The lowest BCUT2D eigenvalue weighted by Gasteiger charge is -2.02. The summed E-state index contributed by atoms with van der Waals surface area (Å²) < 4.78 is 4.82. The molecule has 106 valence electrons. The van der Waals surface area contributed by atoms with Gasteiger partial charge in [-0.1, -0.05) is 18.7 Å². The molecular formula is C11H14N6O2S. The molecule has 0 aromatic carbocycles. The molecule has 0 saturated heterocycles. The molecule has 8 nitrogen and oxygen atoms in total. The second-order valence-electron chi connectivity index (χ2n) is 3.55. The average Bonchev–Trinajstić information content (AvgIpc) is 2.88. The van der Waals surface area contributed by atoms with E-state index in [9.17, 15) is 4.79 Å². The van der Waals surface area contributed by atoms with Gasteiger partial charge in [0.2, 0.25) is 11.1 Å². The number of carbonyl (C=O) groups excluding carboxylic acids is 1. The molecule has 0 aliphatic carbocycles. The third kappa shape index (κ3) is 3.67. The molecular weight excluding hydrogens is 280 g/mol. The third-order valence-electron chi connectivity index (χ3n) is 2.13. The molecule has 0 aliphatic rings. The quantitative estimate of drug-likeness (QED) is 0.611. The Bertz CT molecular complexity index is 571. The van der Waals surface area contributed by atoms with Crippen LogP contribution >= 0.6 is 11.8 Å². The van der Waals surface area contributed by atoms with Crippen LogP contribution in [0.5, 0.6) is 0 Å². The van der Waals surface area contributed by atoms with E-state index in [-0.39, 0.29) is 5.69 Å². The highest BCUT2D eigenvalue weighted by Crippen LogP contribution is 2.15. The van der Waals surface area contributed by atoms with Crippen LogP contribution in [0, 0.1) is 0 Å². The minimum Gasteiger partial charge on any atom is -0.461 e. The molecule has 2 aromatic heterocycles. The molecule has 0 unspecified atom stereocenters. The topological polar surface area (TPSA) is 106 Å². The Morgan fingerprint density at radius 2 is 2.25 bits per heavy atom. The fourth-order valence-electron chi connectivity index (χ4n) is 1.33. The maximum atomic E-state index is 11.4. The first kappa shape index (κ1) is 14.3. The zero-order chi connectivity index (χ0) is 14.4. The molecule has 2 N–H and O–H groups in total. The highest BCUT2D eigenvalue weighted by atomic mass is 32.2. The number of aromatic amines is 1. The van der Waals surface area contributed by atoms with Crippen molar-refractivity contribution in [2.45, 2.75) is 19.0 Å². The summed E-state index contributed by atoms with van der Waals surface area (Å²) in [6.07, 6.45) is 0. The second kappa shape index (κ2) is 6.85. The van der Waals surface area contributed by atoms with E-state index in [1.165, 1.54) is 17.8 Å². The van der Waals surface area contributed by atoms with Crippen LogP contribution in [0.2, 0.25) is 0 Å². The van der Waals surface area contributed by atoms with Crippen molar-refractivity contribution in [3.8, 4) is 0 Å². The van der Waals surface area contributed by atoms with Crippen LogP contribution in [-0.2, 0) is 4.74 Å². The van der Waals surface area contributed by atoms with Crippen molar-refractivity contribution in [3.63, 3.8) is 0 Å². The Morgan fingerprint density at radius 1 is 1.40 bits per heavy atom. The lowest BCUT2D eigenvalue weighted by Crippen LogP contribution is -2.08. The van der Waals surface area contributed by atoms with Crippen molar-refractivity contribution in [1.29, 1.82) is 0 Å². The maximum absolute atomic E-state index is 11.4. The zero-order valence-electron chi connectivity index (χ0n) is 11.1. The van der Waals surface area contributed by atoms with Gasteiger partial charge in [0.05, 0.1) is 6.61 Å². The number of thioether (sulfide) groups is 1. The zero-order valence-corrected chi connectivity index (χ0v) is 11.9. The van der Waals surface area contributed by atoms with E-state index in [4.69, 9.17) is 4.74 Å². The number of rotatable bonds is 6. The number of carbonyl (C=O) groups is 1. The van der Waals surface area contributed by atoms with Crippen molar-refractivity contribution >= 4 is 29.5 Å². The number of hydrogen-bond acceptors (Lipinski definition) is 8. The van der Waals surface area contributed by atoms with Crippen molar-refractivity contribution < 1.29 is 9.53 Å². The summed E-state index contributed by atoms with van der Waals surface area (Å²) in [5, 5.41) is 18.0. The van der Waals surface area contributed by atoms with Crippen LogP contribution in [0.25, 0.3) is 0 Å². The van der Waals surface area contributed by atoms with Gasteiger partial charge < -0.3 is 10.1 Å². The van der Waals surface area contributed by atoms with Crippen LogP contribution in [0.15, 0.2) is 17.3 Å². The van der Waals surface area contributed by atoms with Gasteiger partial charge in [-0.2, -0.15) is 4.98 Å². The van der Waals surface area contributed by atoms with Gasteiger partial charge in [-0.3, -0.25) is 0 Å². The number of ether oxygens (including phenoxy) is 1. The molecule has 0 amide bonds. The molecule has 20 heavy (non-hydrogen) atoms. The van der Waals surface area contributed by atoms with Gasteiger partial charge in [0.1, 0.15) is 0 Å². The van der Waals surface area contributed by atoms with Crippen LogP contribution in [0.3, 0.4) is 0 Å². The smallest absolute Gasteiger partial charge is 0.358 e. The number of nitrogens with zero attached hydrogens (tertiary/aromatic N) is 4. The minimum atomic E-state index is -0.493. The molecule has 0 aliphatic heterocycles. The minimum absolute atomic E-state index is 0.164.